The first kappa shape index (κ1) is 24.3. The standard InChI is InChI=1S/C26H31N5O4/c1-18-8-10-20(11-9-18)17-30-24(28-25(34)31(26(30)35)16-19(2)23(32)33)27-21-12-14-29(15-13-21)22-6-4-3-5-7-22/h3-11,19,21H,12-17H2,1-2H3,(H,32,33)(H,27,28,34)/t19-/m0/s1. The zero-order valence-corrected chi connectivity index (χ0v) is 20.1. The van der Waals surface area contributed by atoms with E-state index in [1.54, 1.807) is 0 Å². The van der Waals surface area contributed by atoms with Crippen LogP contribution in [0.5, 0.6) is 0 Å². The number of aryl methyl sites for hydroxylation is 1. The maximum atomic E-state index is 13.4. The summed E-state index contributed by atoms with van der Waals surface area (Å²) in [5, 5.41) is 9.27. The van der Waals surface area contributed by atoms with Gasteiger partial charge in [0.05, 0.1) is 18.5 Å². The minimum atomic E-state index is -1.07. The Balaban J connectivity index is 1.67. The van der Waals surface area contributed by atoms with E-state index in [-0.39, 0.29) is 24.7 Å². The summed E-state index contributed by atoms with van der Waals surface area (Å²) in [5.74, 6) is -1.95. The monoisotopic (exact) mass is 477 g/mol. The van der Waals surface area contributed by atoms with E-state index in [1.165, 1.54) is 17.2 Å². The summed E-state index contributed by atoms with van der Waals surface area (Å²) >= 11 is 0. The zero-order chi connectivity index (χ0) is 24.9. The molecular weight excluding hydrogens is 446 g/mol. The highest BCUT2D eigenvalue weighted by atomic mass is 16.4. The summed E-state index contributed by atoms with van der Waals surface area (Å²) in [7, 11) is 0. The molecule has 184 valence electrons. The first-order valence-corrected chi connectivity index (χ1v) is 11.9. The van der Waals surface area contributed by atoms with Crippen molar-refractivity contribution < 1.29 is 9.90 Å². The second-order valence-corrected chi connectivity index (χ2v) is 9.14. The van der Waals surface area contributed by atoms with E-state index in [9.17, 15) is 19.5 Å². The molecular formula is C26H31N5O4. The lowest BCUT2D eigenvalue weighted by Crippen LogP contribution is -2.51. The van der Waals surface area contributed by atoms with Crippen LogP contribution in [-0.4, -0.2) is 44.3 Å². The molecule has 2 heterocycles. The summed E-state index contributed by atoms with van der Waals surface area (Å²) in [6.45, 7) is 5.12. The van der Waals surface area contributed by atoms with Crippen molar-refractivity contribution in [2.45, 2.75) is 45.8 Å². The summed E-state index contributed by atoms with van der Waals surface area (Å²) in [4.78, 5) is 47.3. The maximum absolute atomic E-state index is 13.4. The molecule has 35 heavy (non-hydrogen) atoms. The molecule has 0 saturated carbocycles. The van der Waals surface area contributed by atoms with Crippen molar-refractivity contribution in [3.8, 4) is 0 Å². The molecule has 1 atom stereocenters. The maximum Gasteiger partial charge on any atom is 0.335 e. The molecule has 0 aliphatic carbocycles. The number of piperidine rings is 1. The van der Waals surface area contributed by atoms with Crippen LogP contribution in [0.25, 0.3) is 0 Å². The average Bonchev–Trinajstić information content (AvgIpc) is 2.86. The first-order valence-electron chi connectivity index (χ1n) is 11.9. The predicted octanol–water partition coefficient (Wildman–Crippen LogP) is 1.99. The number of hydrogen-bond donors (Lipinski definition) is 2. The topological polar surface area (TPSA) is 113 Å². The number of para-hydroxylation sites is 1. The number of carbonyl (C=O) groups is 1. The second-order valence-electron chi connectivity index (χ2n) is 9.14. The number of benzene rings is 2. The van der Waals surface area contributed by atoms with E-state index in [1.807, 2.05) is 49.4 Å². The Morgan fingerprint density at radius 1 is 1.06 bits per heavy atom. The van der Waals surface area contributed by atoms with Crippen molar-refractivity contribution in [2.24, 2.45) is 10.9 Å². The molecule has 1 fully saturated rings. The molecule has 0 bridgehead atoms. The fraction of sp³-hybridized carbons (Fsp3) is 0.385. The Hall–Kier alpha value is -3.88. The number of anilines is 1. The van der Waals surface area contributed by atoms with E-state index < -0.39 is 23.3 Å². The number of nitrogens with one attached hydrogen (secondary N) is 1. The van der Waals surface area contributed by atoms with Crippen LogP contribution in [0.1, 0.15) is 30.9 Å². The third kappa shape index (κ3) is 5.79. The van der Waals surface area contributed by atoms with E-state index in [0.717, 1.165) is 41.6 Å². The Morgan fingerprint density at radius 2 is 1.71 bits per heavy atom. The van der Waals surface area contributed by atoms with Crippen LogP contribution >= 0.6 is 0 Å². The van der Waals surface area contributed by atoms with Gasteiger partial charge in [0.1, 0.15) is 0 Å². The SMILES string of the molecule is Cc1ccc(Cn2c(=O)n(C[C@H](C)C(=O)O)c(=O)[nH]/c2=N\C2CCN(c3ccccc3)CC2)cc1. The molecule has 1 saturated heterocycles. The van der Waals surface area contributed by atoms with Gasteiger partial charge in [0, 0.05) is 25.3 Å². The molecule has 2 aromatic carbocycles. The van der Waals surface area contributed by atoms with Crippen LogP contribution in [0.15, 0.2) is 69.2 Å². The summed E-state index contributed by atoms with van der Waals surface area (Å²) in [6.07, 6.45) is 1.58. The number of aliphatic carboxylic acids is 1. The number of H-pyrrole nitrogens is 1. The molecule has 9 nitrogen and oxygen atoms in total. The molecule has 4 rings (SSSR count). The van der Waals surface area contributed by atoms with E-state index >= 15 is 0 Å². The highest BCUT2D eigenvalue weighted by Crippen LogP contribution is 2.20. The van der Waals surface area contributed by atoms with Gasteiger partial charge >= 0.3 is 17.3 Å². The van der Waals surface area contributed by atoms with E-state index in [4.69, 9.17) is 4.99 Å². The van der Waals surface area contributed by atoms with Crippen LogP contribution in [0, 0.1) is 12.8 Å². The van der Waals surface area contributed by atoms with Gasteiger partial charge in [0.15, 0.2) is 0 Å². The fourth-order valence-corrected chi connectivity index (χ4v) is 4.25. The lowest BCUT2D eigenvalue weighted by molar-refractivity contribution is -0.141. The van der Waals surface area contributed by atoms with Gasteiger partial charge in [-0.15, -0.1) is 0 Å². The normalized spacial score (nSPS) is 15.8. The number of carboxylic acid groups (broad SMARTS) is 1. The third-order valence-corrected chi connectivity index (χ3v) is 6.41. The predicted molar refractivity (Wildman–Crippen MR) is 134 cm³/mol. The number of aromatic amines is 1. The van der Waals surface area contributed by atoms with E-state index in [0.29, 0.717) is 0 Å². The lowest BCUT2D eigenvalue weighted by Gasteiger charge is -2.32. The first-order chi connectivity index (χ1) is 16.8. The molecule has 1 aliphatic rings. The zero-order valence-electron chi connectivity index (χ0n) is 20.1. The Bertz CT molecular complexity index is 1350. The smallest absolute Gasteiger partial charge is 0.335 e. The van der Waals surface area contributed by atoms with Crippen LogP contribution in [-0.2, 0) is 17.9 Å². The third-order valence-electron chi connectivity index (χ3n) is 6.41. The fourth-order valence-electron chi connectivity index (χ4n) is 4.25. The van der Waals surface area contributed by atoms with Crippen molar-refractivity contribution in [1.29, 1.82) is 0 Å². The molecule has 1 aliphatic heterocycles. The molecule has 0 amide bonds. The summed E-state index contributed by atoms with van der Waals surface area (Å²) < 4.78 is 2.38. The van der Waals surface area contributed by atoms with Crippen LogP contribution in [0.2, 0.25) is 0 Å². The second kappa shape index (κ2) is 10.6. The summed E-state index contributed by atoms with van der Waals surface area (Å²) in [6, 6.07) is 17.9. The Morgan fingerprint density at radius 3 is 2.34 bits per heavy atom. The van der Waals surface area contributed by atoms with Gasteiger partial charge in [-0.2, -0.15) is 0 Å². The van der Waals surface area contributed by atoms with Crippen molar-refractivity contribution in [3.05, 3.63) is 92.3 Å². The van der Waals surface area contributed by atoms with Gasteiger partial charge < -0.3 is 10.0 Å². The van der Waals surface area contributed by atoms with Gasteiger partial charge in [0.25, 0.3) is 0 Å². The highest BCUT2D eigenvalue weighted by Gasteiger charge is 2.20. The van der Waals surface area contributed by atoms with Crippen LogP contribution in [0.3, 0.4) is 0 Å². The minimum absolute atomic E-state index is 0.0388. The molecule has 3 aromatic rings. The molecule has 0 radical (unpaired) electrons. The van der Waals surface area contributed by atoms with Crippen molar-refractivity contribution in [1.82, 2.24) is 14.1 Å². The quantitative estimate of drug-likeness (QED) is 0.540. The van der Waals surface area contributed by atoms with Crippen LogP contribution in [0.4, 0.5) is 5.69 Å². The average molecular weight is 478 g/mol. The van der Waals surface area contributed by atoms with Gasteiger partial charge in [0.2, 0.25) is 5.62 Å². The van der Waals surface area contributed by atoms with Crippen molar-refractivity contribution >= 4 is 11.7 Å². The number of aromatic nitrogens is 3. The van der Waals surface area contributed by atoms with Gasteiger partial charge in [-0.1, -0.05) is 55.0 Å². The molecule has 2 N–H and O–H groups in total. The lowest BCUT2D eigenvalue weighted by atomic mass is 10.1. The van der Waals surface area contributed by atoms with Crippen molar-refractivity contribution in [3.63, 3.8) is 0 Å². The number of nitrogens with zero attached hydrogens (tertiary/aromatic N) is 4. The Kier molecular flexibility index (Phi) is 7.33. The van der Waals surface area contributed by atoms with Gasteiger partial charge in [-0.05, 0) is 37.5 Å². The molecule has 9 heteroatoms. The summed E-state index contributed by atoms with van der Waals surface area (Å²) in [5.41, 5.74) is 2.16. The molecule has 0 spiro atoms. The number of rotatable bonds is 7. The molecule has 0 unspecified atom stereocenters. The van der Waals surface area contributed by atoms with Gasteiger partial charge in [-0.25, -0.2) is 19.1 Å². The number of carboxylic acids is 1. The number of hydrogen-bond acceptors (Lipinski definition) is 5. The molecule has 1 aromatic heterocycles. The largest absolute Gasteiger partial charge is 0.481 e. The van der Waals surface area contributed by atoms with E-state index in [2.05, 4.69) is 22.0 Å². The van der Waals surface area contributed by atoms with Crippen molar-refractivity contribution in [2.75, 3.05) is 18.0 Å². The van der Waals surface area contributed by atoms with Gasteiger partial charge in [-0.3, -0.25) is 14.3 Å². The highest BCUT2D eigenvalue weighted by molar-refractivity contribution is 5.69. The Labute approximate surface area is 203 Å². The van der Waals surface area contributed by atoms with Crippen LogP contribution < -0.4 is 21.9 Å². The minimum Gasteiger partial charge on any atom is -0.481 e.